The molecule has 6 nitrogen and oxygen atoms in total. The summed E-state index contributed by atoms with van der Waals surface area (Å²) >= 11 is 0. The molecular weight excluding hydrogens is 396 g/mol. The molecule has 3 aromatic rings. The van der Waals surface area contributed by atoms with E-state index in [1.807, 2.05) is 43.3 Å². The molecule has 0 amide bonds. The molecule has 2 heterocycles. The molecule has 0 fully saturated rings. The van der Waals surface area contributed by atoms with Crippen molar-refractivity contribution in [2.24, 2.45) is 5.92 Å². The molecule has 3 atom stereocenters. The zero-order valence-corrected chi connectivity index (χ0v) is 17.2. The van der Waals surface area contributed by atoms with Crippen molar-refractivity contribution in [3.8, 4) is 23.0 Å². The number of aryl methyl sites for hydroxylation is 1. The van der Waals surface area contributed by atoms with Crippen molar-refractivity contribution >= 4 is 5.97 Å². The molecule has 0 aromatic heterocycles. The second-order valence-electron chi connectivity index (χ2n) is 7.80. The van der Waals surface area contributed by atoms with Crippen LogP contribution in [0.15, 0.2) is 60.7 Å². The van der Waals surface area contributed by atoms with Crippen LogP contribution in [-0.4, -0.2) is 25.0 Å². The average molecular weight is 418 g/mol. The van der Waals surface area contributed by atoms with Crippen molar-refractivity contribution in [1.82, 2.24) is 0 Å². The van der Waals surface area contributed by atoms with Gasteiger partial charge in [-0.2, -0.15) is 0 Å². The van der Waals surface area contributed by atoms with Gasteiger partial charge >= 0.3 is 5.97 Å². The van der Waals surface area contributed by atoms with E-state index in [0.29, 0.717) is 28.6 Å². The Morgan fingerprint density at radius 2 is 1.84 bits per heavy atom. The lowest BCUT2D eigenvalue weighted by atomic mass is 9.74. The van der Waals surface area contributed by atoms with Crippen LogP contribution in [-0.2, 0) is 4.79 Å². The van der Waals surface area contributed by atoms with E-state index in [0.717, 1.165) is 16.7 Å². The fourth-order valence-corrected chi connectivity index (χ4v) is 4.36. The Morgan fingerprint density at radius 3 is 2.65 bits per heavy atom. The first-order valence-corrected chi connectivity index (χ1v) is 10.1. The summed E-state index contributed by atoms with van der Waals surface area (Å²) < 4.78 is 21.8. The molecule has 0 saturated carbocycles. The molecule has 6 heteroatoms. The highest BCUT2D eigenvalue weighted by Crippen LogP contribution is 2.48. The minimum atomic E-state index is -1.09. The van der Waals surface area contributed by atoms with Crippen molar-refractivity contribution < 1.29 is 28.8 Å². The van der Waals surface area contributed by atoms with Gasteiger partial charge in [0.2, 0.25) is 6.79 Å². The molecule has 0 aliphatic carbocycles. The molecule has 2 aliphatic rings. The summed E-state index contributed by atoms with van der Waals surface area (Å²) in [5.74, 6) is 0.519. The van der Waals surface area contributed by atoms with Gasteiger partial charge < -0.3 is 24.1 Å². The number of esters is 1. The second-order valence-corrected chi connectivity index (χ2v) is 7.80. The van der Waals surface area contributed by atoms with Gasteiger partial charge in [0.15, 0.2) is 11.5 Å². The van der Waals surface area contributed by atoms with Crippen LogP contribution >= 0.6 is 0 Å². The number of hydrogen-bond donors (Lipinski definition) is 1. The Morgan fingerprint density at radius 1 is 1.00 bits per heavy atom. The molecule has 0 radical (unpaired) electrons. The van der Waals surface area contributed by atoms with Gasteiger partial charge in [-0.15, -0.1) is 0 Å². The van der Waals surface area contributed by atoms with Crippen molar-refractivity contribution in [1.29, 1.82) is 0 Å². The van der Waals surface area contributed by atoms with E-state index in [4.69, 9.17) is 18.9 Å². The first kappa shape index (κ1) is 19.5. The monoisotopic (exact) mass is 418 g/mol. The summed E-state index contributed by atoms with van der Waals surface area (Å²) in [4.78, 5) is 13.2. The van der Waals surface area contributed by atoms with Crippen LogP contribution in [0.1, 0.15) is 34.3 Å². The van der Waals surface area contributed by atoms with E-state index in [1.54, 1.807) is 31.4 Å². The van der Waals surface area contributed by atoms with Crippen LogP contribution in [0.25, 0.3) is 0 Å². The highest BCUT2D eigenvalue weighted by Gasteiger charge is 2.44. The molecule has 3 aromatic carbocycles. The summed E-state index contributed by atoms with van der Waals surface area (Å²) in [6, 6.07) is 18.6. The van der Waals surface area contributed by atoms with Gasteiger partial charge in [0.05, 0.1) is 19.1 Å². The summed E-state index contributed by atoms with van der Waals surface area (Å²) in [5.41, 5.74) is 3.41. The SMILES string of the molecule is COc1ccc2c(c1)OC(=O)C(C(O)c1ccc3c(c1)OCO3)[C@H]2c1cccc(C)c1. The molecule has 2 unspecified atom stereocenters. The normalized spacial score (nSPS) is 20.0. The van der Waals surface area contributed by atoms with Gasteiger partial charge in [-0.3, -0.25) is 4.79 Å². The number of hydrogen-bond acceptors (Lipinski definition) is 6. The minimum absolute atomic E-state index is 0.140. The van der Waals surface area contributed by atoms with Gasteiger partial charge in [0.25, 0.3) is 0 Å². The fraction of sp³-hybridized carbons (Fsp3) is 0.240. The van der Waals surface area contributed by atoms with Gasteiger partial charge in [0, 0.05) is 17.5 Å². The molecule has 0 spiro atoms. The van der Waals surface area contributed by atoms with Crippen LogP contribution in [0.3, 0.4) is 0 Å². The number of methoxy groups -OCH3 is 1. The third kappa shape index (κ3) is 3.39. The summed E-state index contributed by atoms with van der Waals surface area (Å²) in [6.07, 6.45) is -1.09. The minimum Gasteiger partial charge on any atom is -0.497 e. The zero-order chi connectivity index (χ0) is 21.5. The third-order valence-electron chi connectivity index (χ3n) is 5.88. The third-order valence-corrected chi connectivity index (χ3v) is 5.88. The van der Waals surface area contributed by atoms with Crippen molar-refractivity contribution in [3.05, 3.63) is 82.9 Å². The molecule has 1 N–H and O–H groups in total. The highest BCUT2D eigenvalue weighted by molar-refractivity contribution is 5.81. The lowest BCUT2D eigenvalue weighted by Crippen LogP contribution is -2.36. The topological polar surface area (TPSA) is 74.2 Å². The van der Waals surface area contributed by atoms with Crippen LogP contribution in [0.2, 0.25) is 0 Å². The maximum absolute atomic E-state index is 13.2. The van der Waals surface area contributed by atoms with Gasteiger partial charge in [-0.1, -0.05) is 42.0 Å². The molecule has 5 rings (SSSR count). The standard InChI is InChI=1S/C25H22O6/c1-14-4-3-5-15(10-14)22-18-8-7-17(28-2)12-20(18)31-25(27)23(22)24(26)16-6-9-19-21(11-16)30-13-29-19/h3-12,22-24,26H,13H2,1-2H3/t22-,23?,24?/m0/s1. The number of aliphatic hydroxyl groups is 1. The smallest absolute Gasteiger partial charge is 0.318 e. The van der Waals surface area contributed by atoms with E-state index in [1.165, 1.54) is 0 Å². The molecule has 0 bridgehead atoms. The number of rotatable bonds is 4. The van der Waals surface area contributed by atoms with E-state index in [2.05, 4.69) is 0 Å². The molecule has 2 aliphatic heterocycles. The van der Waals surface area contributed by atoms with Crippen LogP contribution < -0.4 is 18.9 Å². The number of aliphatic hydroxyl groups excluding tert-OH is 1. The fourth-order valence-electron chi connectivity index (χ4n) is 4.36. The van der Waals surface area contributed by atoms with Crippen LogP contribution in [0.5, 0.6) is 23.0 Å². The largest absolute Gasteiger partial charge is 0.497 e. The Kier molecular flexibility index (Phi) is 4.79. The van der Waals surface area contributed by atoms with E-state index in [9.17, 15) is 9.90 Å². The number of carbonyl (C=O) groups is 1. The van der Waals surface area contributed by atoms with Crippen LogP contribution in [0, 0.1) is 12.8 Å². The summed E-state index contributed by atoms with van der Waals surface area (Å²) in [6.45, 7) is 2.14. The Balaban J connectivity index is 1.62. The van der Waals surface area contributed by atoms with Crippen molar-refractivity contribution in [2.75, 3.05) is 13.9 Å². The maximum atomic E-state index is 13.2. The summed E-state index contributed by atoms with van der Waals surface area (Å²) in [5, 5.41) is 11.4. The highest BCUT2D eigenvalue weighted by atomic mass is 16.7. The van der Waals surface area contributed by atoms with Crippen molar-refractivity contribution in [2.45, 2.75) is 18.9 Å². The predicted octanol–water partition coefficient (Wildman–Crippen LogP) is 4.13. The number of fused-ring (bicyclic) bond motifs is 2. The first-order valence-electron chi connectivity index (χ1n) is 10.1. The van der Waals surface area contributed by atoms with Crippen LogP contribution in [0.4, 0.5) is 0 Å². The van der Waals surface area contributed by atoms with Gasteiger partial charge in [0.1, 0.15) is 11.5 Å². The number of carbonyl (C=O) groups excluding carboxylic acids is 1. The maximum Gasteiger partial charge on any atom is 0.318 e. The summed E-state index contributed by atoms with van der Waals surface area (Å²) in [7, 11) is 1.57. The molecule has 0 saturated heterocycles. The quantitative estimate of drug-likeness (QED) is 0.507. The lowest BCUT2D eigenvalue weighted by Gasteiger charge is -2.35. The molecular formula is C25H22O6. The number of benzene rings is 3. The Labute approximate surface area is 179 Å². The molecule has 158 valence electrons. The Bertz CT molecular complexity index is 1150. The Hall–Kier alpha value is -3.51. The van der Waals surface area contributed by atoms with E-state index >= 15 is 0 Å². The first-order chi connectivity index (χ1) is 15.0. The van der Waals surface area contributed by atoms with E-state index in [-0.39, 0.29) is 12.7 Å². The predicted molar refractivity (Wildman–Crippen MR) is 113 cm³/mol. The zero-order valence-electron chi connectivity index (χ0n) is 17.2. The average Bonchev–Trinajstić information content (AvgIpc) is 3.25. The lowest BCUT2D eigenvalue weighted by molar-refractivity contribution is -0.145. The van der Waals surface area contributed by atoms with Crippen molar-refractivity contribution in [3.63, 3.8) is 0 Å². The van der Waals surface area contributed by atoms with E-state index < -0.39 is 18.0 Å². The number of ether oxygens (including phenoxy) is 4. The second kappa shape index (κ2) is 7.63. The molecule has 31 heavy (non-hydrogen) atoms. The van der Waals surface area contributed by atoms with Gasteiger partial charge in [-0.25, -0.2) is 0 Å². The van der Waals surface area contributed by atoms with Gasteiger partial charge in [-0.05, 0) is 36.2 Å².